The third-order valence-electron chi connectivity index (χ3n) is 2.28. The van der Waals surface area contributed by atoms with E-state index in [1.165, 1.54) is 12.1 Å². The first-order valence-electron chi connectivity index (χ1n) is 4.83. The number of sulfonamides is 1. The second-order valence-corrected chi connectivity index (χ2v) is 5.05. The molecule has 2 aromatic rings. The topological polar surface area (TPSA) is 93.5 Å². The van der Waals surface area contributed by atoms with E-state index >= 15 is 0 Å². The van der Waals surface area contributed by atoms with Crippen molar-refractivity contribution in [2.75, 3.05) is 0 Å². The first-order valence-corrected chi connectivity index (χ1v) is 6.38. The molecular weight excluding hydrogens is 242 g/mol. The highest BCUT2D eigenvalue weighted by molar-refractivity contribution is 7.89. The second kappa shape index (κ2) is 4.33. The smallest absolute Gasteiger partial charge is 0.238 e. The molecule has 1 heterocycles. The Hall–Kier alpha value is -1.63. The predicted molar refractivity (Wildman–Crippen MR) is 61.4 cm³/mol. The molecule has 3 N–H and O–H groups in total. The Labute approximate surface area is 98.5 Å². The van der Waals surface area contributed by atoms with Gasteiger partial charge in [-0.05, 0) is 36.4 Å². The molecular formula is C11H11NO4S. The van der Waals surface area contributed by atoms with Gasteiger partial charge in [-0.25, -0.2) is 13.6 Å². The molecule has 0 spiro atoms. The van der Waals surface area contributed by atoms with Gasteiger partial charge in [-0.1, -0.05) is 0 Å². The van der Waals surface area contributed by atoms with Gasteiger partial charge in [0, 0.05) is 5.56 Å². The van der Waals surface area contributed by atoms with E-state index in [1.807, 2.05) is 0 Å². The van der Waals surface area contributed by atoms with Gasteiger partial charge in [0.2, 0.25) is 10.0 Å². The number of hydrogen-bond acceptors (Lipinski definition) is 4. The first-order chi connectivity index (χ1) is 8.00. The van der Waals surface area contributed by atoms with Gasteiger partial charge < -0.3 is 9.52 Å². The fraction of sp³-hybridized carbons (Fsp3) is 0.0909. The lowest BCUT2D eigenvalue weighted by molar-refractivity contribution is 0.248. The van der Waals surface area contributed by atoms with Crippen molar-refractivity contribution in [3.8, 4) is 11.3 Å². The summed E-state index contributed by atoms with van der Waals surface area (Å²) < 4.78 is 27.4. The second-order valence-electron chi connectivity index (χ2n) is 3.49. The summed E-state index contributed by atoms with van der Waals surface area (Å²) in [6.07, 6.45) is 0. The van der Waals surface area contributed by atoms with Crippen LogP contribution in [0.3, 0.4) is 0 Å². The third kappa shape index (κ3) is 2.55. The van der Waals surface area contributed by atoms with Crippen LogP contribution < -0.4 is 5.14 Å². The number of nitrogens with two attached hydrogens (primary N) is 1. The molecule has 0 radical (unpaired) electrons. The fourth-order valence-corrected chi connectivity index (χ4v) is 1.94. The third-order valence-corrected chi connectivity index (χ3v) is 3.21. The van der Waals surface area contributed by atoms with Crippen molar-refractivity contribution in [1.82, 2.24) is 0 Å². The van der Waals surface area contributed by atoms with Crippen molar-refractivity contribution in [2.45, 2.75) is 11.5 Å². The van der Waals surface area contributed by atoms with Crippen LogP contribution in [0.15, 0.2) is 45.7 Å². The van der Waals surface area contributed by atoms with Gasteiger partial charge in [0.05, 0.1) is 4.90 Å². The number of benzene rings is 1. The predicted octanol–water partition coefficient (Wildman–Crippen LogP) is 1.09. The largest absolute Gasteiger partial charge is 0.459 e. The van der Waals surface area contributed by atoms with Gasteiger partial charge in [0.1, 0.15) is 18.1 Å². The van der Waals surface area contributed by atoms with E-state index < -0.39 is 10.0 Å². The van der Waals surface area contributed by atoms with Crippen LogP contribution in [0, 0.1) is 0 Å². The van der Waals surface area contributed by atoms with Crippen LogP contribution in [0.25, 0.3) is 11.3 Å². The van der Waals surface area contributed by atoms with E-state index in [0.29, 0.717) is 11.5 Å². The fourth-order valence-electron chi connectivity index (χ4n) is 1.43. The SMILES string of the molecule is NS(=O)(=O)c1ccc(-c2ccc(CO)o2)cc1. The van der Waals surface area contributed by atoms with Gasteiger partial charge in [-0.15, -0.1) is 0 Å². The molecule has 0 unspecified atom stereocenters. The Morgan fingerprint density at radius 2 is 1.76 bits per heavy atom. The zero-order chi connectivity index (χ0) is 12.5. The Bertz CT molecular complexity index is 613. The van der Waals surface area contributed by atoms with Gasteiger partial charge in [-0.3, -0.25) is 0 Å². The molecule has 6 heteroatoms. The number of furan rings is 1. The highest BCUT2D eigenvalue weighted by atomic mass is 32.2. The zero-order valence-corrected chi connectivity index (χ0v) is 9.65. The molecule has 0 saturated carbocycles. The van der Waals surface area contributed by atoms with E-state index in [9.17, 15) is 8.42 Å². The maximum absolute atomic E-state index is 11.1. The van der Waals surface area contributed by atoms with Crippen molar-refractivity contribution in [1.29, 1.82) is 0 Å². The minimum atomic E-state index is -3.67. The molecule has 0 atom stereocenters. The van der Waals surface area contributed by atoms with E-state index in [1.54, 1.807) is 24.3 Å². The molecule has 5 nitrogen and oxygen atoms in total. The number of hydrogen-bond donors (Lipinski definition) is 2. The Morgan fingerprint density at radius 3 is 2.24 bits per heavy atom. The van der Waals surface area contributed by atoms with Crippen molar-refractivity contribution in [3.63, 3.8) is 0 Å². The quantitative estimate of drug-likeness (QED) is 0.856. The lowest BCUT2D eigenvalue weighted by Crippen LogP contribution is -2.11. The van der Waals surface area contributed by atoms with Gasteiger partial charge in [0.15, 0.2) is 0 Å². The summed E-state index contributed by atoms with van der Waals surface area (Å²) in [5.41, 5.74) is 0.720. The average Bonchev–Trinajstić information content (AvgIpc) is 2.76. The van der Waals surface area contributed by atoms with Crippen LogP contribution >= 0.6 is 0 Å². The van der Waals surface area contributed by atoms with E-state index in [2.05, 4.69) is 0 Å². The summed E-state index contributed by atoms with van der Waals surface area (Å²) >= 11 is 0. The minimum Gasteiger partial charge on any atom is -0.459 e. The Kier molecular flexibility index (Phi) is 3.01. The molecule has 0 aliphatic carbocycles. The molecule has 2 rings (SSSR count). The van der Waals surface area contributed by atoms with Crippen LogP contribution in [-0.2, 0) is 16.6 Å². The Balaban J connectivity index is 2.35. The highest BCUT2D eigenvalue weighted by Gasteiger charge is 2.09. The maximum Gasteiger partial charge on any atom is 0.238 e. The standard InChI is InChI=1S/C11H11NO4S/c12-17(14,15)10-4-1-8(2-5-10)11-6-3-9(7-13)16-11/h1-6,13H,7H2,(H2,12,14,15). The molecule has 0 bridgehead atoms. The lowest BCUT2D eigenvalue weighted by Gasteiger charge is -2.00. The molecule has 0 fully saturated rings. The molecule has 1 aromatic heterocycles. The number of aliphatic hydroxyl groups excluding tert-OH is 1. The van der Waals surface area contributed by atoms with Crippen LogP contribution in [0.4, 0.5) is 0 Å². The Morgan fingerprint density at radius 1 is 1.12 bits per heavy atom. The van der Waals surface area contributed by atoms with Gasteiger partial charge in [-0.2, -0.15) is 0 Å². The summed E-state index contributed by atoms with van der Waals surface area (Å²) in [6.45, 7) is -0.171. The lowest BCUT2D eigenvalue weighted by atomic mass is 10.2. The highest BCUT2D eigenvalue weighted by Crippen LogP contribution is 2.23. The zero-order valence-electron chi connectivity index (χ0n) is 8.83. The van der Waals surface area contributed by atoms with E-state index in [0.717, 1.165) is 5.56 Å². The van der Waals surface area contributed by atoms with Crippen molar-refractivity contribution < 1.29 is 17.9 Å². The molecule has 0 aliphatic rings. The average molecular weight is 253 g/mol. The number of aliphatic hydroxyl groups is 1. The van der Waals surface area contributed by atoms with Crippen LogP contribution in [-0.4, -0.2) is 13.5 Å². The van der Waals surface area contributed by atoms with Gasteiger partial charge >= 0.3 is 0 Å². The maximum atomic E-state index is 11.1. The van der Waals surface area contributed by atoms with Crippen LogP contribution in [0.2, 0.25) is 0 Å². The normalized spacial score (nSPS) is 11.6. The monoisotopic (exact) mass is 253 g/mol. The summed E-state index contributed by atoms with van der Waals surface area (Å²) in [5, 5.41) is 13.8. The summed E-state index contributed by atoms with van der Waals surface area (Å²) in [7, 11) is -3.67. The number of primary sulfonamides is 1. The first kappa shape index (κ1) is 11.8. The minimum absolute atomic E-state index is 0.0511. The molecule has 0 saturated heterocycles. The molecule has 90 valence electrons. The van der Waals surface area contributed by atoms with E-state index in [-0.39, 0.29) is 11.5 Å². The van der Waals surface area contributed by atoms with Crippen molar-refractivity contribution in [3.05, 3.63) is 42.2 Å². The summed E-state index contributed by atoms with van der Waals surface area (Å²) in [4.78, 5) is 0.0511. The summed E-state index contributed by atoms with van der Waals surface area (Å²) in [6, 6.07) is 9.37. The van der Waals surface area contributed by atoms with Crippen molar-refractivity contribution >= 4 is 10.0 Å². The summed E-state index contributed by atoms with van der Waals surface area (Å²) in [5.74, 6) is 1.02. The van der Waals surface area contributed by atoms with Crippen LogP contribution in [0.1, 0.15) is 5.76 Å². The molecule has 0 amide bonds. The van der Waals surface area contributed by atoms with Gasteiger partial charge in [0.25, 0.3) is 0 Å². The van der Waals surface area contributed by atoms with E-state index in [4.69, 9.17) is 14.7 Å². The molecule has 0 aliphatic heterocycles. The molecule has 17 heavy (non-hydrogen) atoms. The van der Waals surface area contributed by atoms with Crippen LogP contribution in [0.5, 0.6) is 0 Å². The van der Waals surface area contributed by atoms with Crippen molar-refractivity contribution in [2.24, 2.45) is 5.14 Å². The number of rotatable bonds is 3. The molecule has 1 aromatic carbocycles.